The van der Waals surface area contributed by atoms with E-state index in [4.69, 9.17) is 0 Å². The Morgan fingerprint density at radius 2 is 2.12 bits per heavy atom. The zero-order valence-electron chi connectivity index (χ0n) is 12.7. The van der Waals surface area contributed by atoms with Crippen LogP contribution in [0.4, 0.5) is 5.69 Å². The maximum atomic E-state index is 12.4. The van der Waals surface area contributed by atoms with Gasteiger partial charge in [0.05, 0.1) is 17.6 Å². The summed E-state index contributed by atoms with van der Waals surface area (Å²) in [6.07, 6.45) is 3.00. The minimum Gasteiger partial charge on any atom is -0.277 e. The highest BCUT2D eigenvalue weighted by molar-refractivity contribution is 7.94. The van der Waals surface area contributed by atoms with Gasteiger partial charge in [0, 0.05) is 29.8 Å². The fraction of sp³-hybridized carbons (Fsp3) is 0.133. The molecular weight excluding hydrogens is 348 g/mol. The van der Waals surface area contributed by atoms with Crippen molar-refractivity contribution < 1.29 is 8.42 Å². The first-order valence-corrected chi connectivity index (χ1v) is 9.46. The van der Waals surface area contributed by atoms with Crippen LogP contribution >= 0.6 is 11.3 Å². The molecule has 9 heteroatoms. The molecule has 0 atom stereocenters. The van der Waals surface area contributed by atoms with Gasteiger partial charge in [0.2, 0.25) is 0 Å². The SMILES string of the molecule is CCn1nc(-c2csc(S(=O)(=O)Nc3cccnc3)c2)ccc1=O. The minimum absolute atomic E-state index is 0.164. The van der Waals surface area contributed by atoms with Gasteiger partial charge in [-0.25, -0.2) is 13.1 Å². The smallest absolute Gasteiger partial charge is 0.271 e. The molecule has 7 nitrogen and oxygen atoms in total. The molecule has 0 saturated carbocycles. The molecule has 0 bridgehead atoms. The third-order valence-corrected chi connectivity index (χ3v) is 6.04. The summed E-state index contributed by atoms with van der Waals surface area (Å²) < 4.78 is 28.8. The van der Waals surface area contributed by atoms with Gasteiger partial charge in [0.25, 0.3) is 15.6 Å². The van der Waals surface area contributed by atoms with Gasteiger partial charge in [-0.05, 0) is 31.2 Å². The van der Waals surface area contributed by atoms with Crippen molar-refractivity contribution in [2.75, 3.05) is 4.72 Å². The van der Waals surface area contributed by atoms with E-state index in [1.54, 1.807) is 29.8 Å². The van der Waals surface area contributed by atoms with Gasteiger partial charge in [0.15, 0.2) is 0 Å². The van der Waals surface area contributed by atoms with Gasteiger partial charge in [0.1, 0.15) is 4.21 Å². The zero-order chi connectivity index (χ0) is 17.2. The highest BCUT2D eigenvalue weighted by atomic mass is 32.2. The van der Waals surface area contributed by atoms with Gasteiger partial charge in [-0.3, -0.25) is 14.5 Å². The summed E-state index contributed by atoms with van der Waals surface area (Å²) in [4.78, 5) is 15.5. The summed E-state index contributed by atoms with van der Waals surface area (Å²) in [6.45, 7) is 2.27. The summed E-state index contributed by atoms with van der Waals surface area (Å²) >= 11 is 1.09. The summed E-state index contributed by atoms with van der Waals surface area (Å²) in [7, 11) is -3.69. The van der Waals surface area contributed by atoms with Crippen molar-refractivity contribution in [2.24, 2.45) is 0 Å². The molecule has 3 rings (SSSR count). The third-order valence-electron chi connectivity index (χ3n) is 3.22. The molecule has 24 heavy (non-hydrogen) atoms. The van der Waals surface area contributed by atoms with Crippen LogP contribution in [0.5, 0.6) is 0 Å². The number of hydrogen-bond donors (Lipinski definition) is 1. The molecule has 0 aromatic carbocycles. The number of aromatic nitrogens is 3. The van der Waals surface area contributed by atoms with Crippen LogP contribution in [-0.2, 0) is 16.6 Å². The van der Waals surface area contributed by atoms with Crippen LogP contribution < -0.4 is 10.3 Å². The van der Waals surface area contributed by atoms with Crippen molar-refractivity contribution in [1.82, 2.24) is 14.8 Å². The largest absolute Gasteiger partial charge is 0.277 e. The lowest BCUT2D eigenvalue weighted by Crippen LogP contribution is -2.20. The van der Waals surface area contributed by atoms with Crippen LogP contribution in [0.25, 0.3) is 11.3 Å². The summed E-state index contributed by atoms with van der Waals surface area (Å²) in [6, 6.07) is 7.82. The summed E-state index contributed by atoms with van der Waals surface area (Å²) in [5, 5.41) is 5.93. The molecule has 0 amide bonds. The van der Waals surface area contributed by atoms with E-state index < -0.39 is 10.0 Å². The monoisotopic (exact) mass is 362 g/mol. The number of sulfonamides is 1. The van der Waals surface area contributed by atoms with Crippen molar-refractivity contribution in [2.45, 2.75) is 17.7 Å². The third kappa shape index (κ3) is 3.36. The molecule has 124 valence electrons. The number of aryl methyl sites for hydroxylation is 1. The van der Waals surface area contributed by atoms with Gasteiger partial charge in [-0.2, -0.15) is 5.10 Å². The lowest BCUT2D eigenvalue weighted by molar-refractivity contribution is 0.603. The van der Waals surface area contributed by atoms with E-state index in [9.17, 15) is 13.2 Å². The Balaban J connectivity index is 1.91. The first kappa shape index (κ1) is 16.3. The van der Waals surface area contributed by atoms with Crippen molar-refractivity contribution in [3.8, 4) is 11.3 Å². The second-order valence-corrected chi connectivity index (χ2v) is 7.69. The average molecular weight is 362 g/mol. The number of pyridine rings is 1. The molecule has 0 radical (unpaired) electrons. The molecular formula is C15H14N4O3S2. The number of anilines is 1. The van der Waals surface area contributed by atoms with Gasteiger partial charge in [-0.1, -0.05) is 0 Å². The van der Waals surface area contributed by atoms with Gasteiger partial charge >= 0.3 is 0 Å². The first-order valence-electron chi connectivity index (χ1n) is 7.09. The topological polar surface area (TPSA) is 93.9 Å². The molecule has 0 aliphatic carbocycles. The van der Waals surface area contributed by atoms with E-state index in [1.807, 2.05) is 6.92 Å². The van der Waals surface area contributed by atoms with Crippen LogP contribution in [0.1, 0.15) is 6.92 Å². The fourth-order valence-electron chi connectivity index (χ4n) is 2.05. The van der Waals surface area contributed by atoms with Crippen LogP contribution in [0.15, 0.2) is 57.1 Å². The van der Waals surface area contributed by atoms with Crippen molar-refractivity contribution in [3.63, 3.8) is 0 Å². The Bertz CT molecular complexity index is 1010. The predicted molar refractivity (Wildman–Crippen MR) is 92.5 cm³/mol. The van der Waals surface area contributed by atoms with E-state index in [-0.39, 0.29) is 9.77 Å². The van der Waals surface area contributed by atoms with Crippen LogP contribution in [0, 0.1) is 0 Å². The van der Waals surface area contributed by atoms with Crippen molar-refractivity contribution in [3.05, 3.63) is 58.5 Å². The van der Waals surface area contributed by atoms with Crippen molar-refractivity contribution in [1.29, 1.82) is 0 Å². The highest BCUT2D eigenvalue weighted by Gasteiger charge is 2.18. The standard InChI is InChI=1S/C15H14N4O3S2/c1-2-19-14(20)6-5-13(17-19)11-8-15(23-10-11)24(21,22)18-12-4-3-7-16-9-12/h3-10,18H,2H2,1H3. The molecule has 0 fully saturated rings. The predicted octanol–water partition coefficient (Wildman–Crippen LogP) is 2.19. The quantitative estimate of drug-likeness (QED) is 0.751. The molecule has 1 N–H and O–H groups in total. The normalized spacial score (nSPS) is 11.4. The molecule has 0 unspecified atom stereocenters. The number of nitrogens with one attached hydrogen (secondary N) is 1. The van der Waals surface area contributed by atoms with E-state index >= 15 is 0 Å². The molecule has 0 aliphatic heterocycles. The maximum Gasteiger partial charge on any atom is 0.271 e. The minimum atomic E-state index is -3.69. The Morgan fingerprint density at radius 1 is 1.29 bits per heavy atom. The lowest BCUT2D eigenvalue weighted by Gasteiger charge is -2.05. The number of hydrogen-bond acceptors (Lipinski definition) is 6. The van der Waals surface area contributed by atoms with E-state index in [0.717, 1.165) is 11.3 Å². The van der Waals surface area contributed by atoms with E-state index in [0.29, 0.717) is 23.5 Å². The first-order chi connectivity index (χ1) is 11.5. The Labute approximate surface area is 142 Å². The van der Waals surface area contributed by atoms with Crippen LogP contribution in [0.3, 0.4) is 0 Å². The van der Waals surface area contributed by atoms with Gasteiger partial charge < -0.3 is 0 Å². The van der Waals surface area contributed by atoms with E-state index in [1.165, 1.54) is 23.0 Å². The Morgan fingerprint density at radius 3 is 2.83 bits per heavy atom. The van der Waals surface area contributed by atoms with Crippen LogP contribution in [0.2, 0.25) is 0 Å². The highest BCUT2D eigenvalue weighted by Crippen LogP contribution is 2.28. The molecule has 0 spiro atoms. The van der Waals surface area contributed by atoms with E-state index in [2.05, 4.69) is 14.8 Å². The average Bonchev–Trinajstić information content (AvgIpc) is 3.07. The van der Waals surface area contributed by atoms with Crippen LogP contribution in [-0.4, -0.2) is 23.2 Å². The molecule has 0 aliphatic rings. The Hall–Kier alpha value is -2.52. The molecule has 3 heterocycles. The second-order valence-electron chi connectivity index (χ2n) is 4.87. The van der Waals surface area contributed by atoms with Gasteiger partial charge in [-0.15, -0.1) is 11.3 Å². The number of rotatable bonds is 5. The number of thiophene rings is 1. The zero-order valence-corrected chi connectivity index (χ0v) is 14.3. The summed E-state index contributed by atoms with van der Waals surface area (Å²) in [5.74, 6) is 0. The van der Waals surface area contributed by atoms with Crippen molar-refractivity contribution >= 4 is 27.0 Å². The molecule has 3 aromatic heterocycles. The maximum absolute atomic E-state index is 12.4. The Kier molecular flexibility index (Phi) is 4.45. The lowest BCUT2D eigenvalue weighted by atomic mass is 10.2. The fourth-order valence-corrected chi connectivity index (χ4v) is 4.27. The second kappa shape index (κ2) is 6.54. The molecule has 3 aromatic rings. The number of nitrogens with zero attached hydrogens (tertiary/aromatic N) is 3. The molecule has 0 saturated heterocycles. The summed E-state index contributed by atoms with van der Waals surface area (Å²) in [5.41, 5.74) is 1.40.